The Morgan fingerprint density at radius 2 is 1.57 bits per heavy atom. The standard InChI is InChI=1S/C17H16N2O2/c1-18-12-11-16(20)19(13-7-3-2-4-8-13)15-10-6-5-9-14(15)17(18)21/h2-10H,11-12H2,1H3. The first-order valence-electron chi connectivity index (χ1n) is 6.91. The van der Waals surface area contributed by atoms with E-state index in [1.165, 1.54) is 0 Å². The summed E-state index contributed by atoms with van der Waals surface area (Å²) >= 11 is 0. The average Bonchev–Trinajstić information content (AvgIpc) is 2.53. The van der Waals surface area contributed by atoms with E-state index < -0.39 is 0 Å². The van der Waals surface area contributed by atoms with E-state index in [1.807, 2.05) is 48.5 Å². The lowest BCUT2D eigenvalue weighted by Gasteiger charge is -2.30. The summed E-state index contributed by atoms with van der Waals surface area (Å²) in [6, 6.07) is 16.7. The van der Waals surface area contributed by atoms with Crippen molar-refractivity contribution in [3.8, 4) is 0 Å². The van der Waals surface area contributed by atoms with E-state index in [-0.39, 0.29) is 11.8 Å². The lowest BCUT2D eigenvalue weighted by molar-refractivity contribution is -0.118. The summed E-state index contributed by atoms with van der Waals surface area (Å²) in [6.45, 7) is 0.426. The molecule has 2 amide bonds. The van der Waals surface area contributed by atoms with Crippen LogP contribution in [0.1, 0.15) is 16.8 Å². The van der Waals surface area contributed by atoms with Gasteiger partial charge in [-0.2, -0.15) is 0 Å². The maximum Gasteiger partial charge on any atom is 0.255 e. The number of anilines is 2. The molecule has 0 fully saturated rings. The van der Waals surface area contributed by atoms with Crippen LogP contribution in [0.3, 0.4) is 0 Å². The molecule has 21 heavy (non-hydrogen) atoms. The van der Waals surface area contributed by atoms with Crippen molar-refractivity contribution in [2.75, 3.05) is 18.5 Å². The first kappa shape index (κ1) is 13.4. The predicted molar refractivity (Wildman–Crippen MR) is 81.6 cm³/mol. The number of carbonyl (C=O) groups excluding carboxylic acids is 2. The summed E-state index contributed by atoms with van der Waals surface area (Å²) in [5.41, 5.74) is 1.98. The minimum Gasteiger partial charge on any atom is -0.341 e. The number of carbonyl (C=O) groups is 2. The van der Waals surface area contributed by atoms with Gasteiger partial charge in [0.05, 0.1) is 11.3 Å². The molecule has 0 aliphatic carbocycles. The maximum absolute atomic E-state index is 12.6. The minimum absolute atomic E-state index is 0.00648. The Kier molecular flexibility index (Phi) is 3.44. The van der Waals surface area contributed by atoms with E-state index in [9.17, 15) is 9.59 Å². The van der Waals surface area contributed by atoms with Crippen molar-refractivity contribution in [3.63, 3.8) is 0 Å². The van der Waals surface area contributed by atoms with Gasteiger partial charge in [0.1, 0.15) is 0 Å². The van der Waals surface area contributed by atoms with Crippen molar-refractivity contribution >= 4 is 23.2 Å². The second-order valence-electron chi connectivity index (χ2n) is 5.06. The zero-order valence-corrected chi connectivity index (χ0v) is 11.8. The number of fused-ring (bicyclic) bond motifs is 1. The third kappa shape index (κ3) is 2.40. The molecule has 0 unspecified atom stereocenters. The highest BCUT2D eigenvalue weighted by atomic mass is 16.2. The molecule has 0 bridgehead atoms. The highest BCUT2D eigenvalue weighted by Crippen LogP contribution is 2.31. The van der Waals surface area contributed by atoms with Crippen LogP contribution in [0.25, 0.3) is 0 Å². The molecule has 1 aliphatic heterocycles. The molecule has 0 N–H and O–H groups in total. The molecule has 106 valence electrons. The third-order valence-electron chi connectivity index (χ3n) is 3.65. The highest BCUT2D eigenvalue weighted by molar-refractivity contribution is 6.09. The quantitative estimate of drug-likeness (QED) is 0.806. The van der Waals surface area contributed by atoms with Gasteiger partial charge in [-0.15, -0.1) is 0 Å². The SMILES string of the molecule is CN1CCC(=O)N(c2ccccc2)c2ccccc2C1=O. The Morgan fingerprint density at radius 1 is 0.905 bits per heavy atom. The molecule has 4 nitrogen and oxygen atoms in total. The van der Waals surface area contributed by atoms with Gasteiger partial charge in [0.25, 0.3) is 5.91 Å². The average molecular weight is 280 g/mol. The minimum atomic E-state index is -0.0565. The number of hydrogen-bond acceptors (Lipinski definition) is 2. The van der Waals surface area contributed by atoms with Crippen molar-refractivity contribution in [1.29, 1.82) is 0 Å². The molecular formula is C17H16N2O2. The fourth-order valence-electron chi connectivity index (χ4n) is 2.53. The van der Waals surface area contributed by atoms with Gasteiger partial charge in [-0.25, -0.2) is 0 Å². The Hall–Kier alpha value is -2.62. The van der Waals surface area contributed by atoms with Gasteiger partial charge >= 0.3 is 0 Å². The first-order chi connectivity index (χ1) is 10.2. The molecule has 0 saturated carbocycles. The molecule has 2 aromatic rings. The Bertz CT molecular complexity index is 682. The predicted octanol–water partition coefficient (Wildman–Crippen LogP) is 2.83. The lowest BCUT2D eigenvalue weighted by atomic mass is 10.1. The zero-order valence-electron chi connectivity index (χ0n) is 11.8. The number of para-hydroxylation sites is 2. The van der Waals surface area contributed by atoms with Crippen LogP contribution in [0.2, 0.25) is 0 Å². The maximum atomic E-state index is 12.6. The van der Waals surface area contributed by atoms with Gasteiger partial charge < -0.3 is 4.90 Å². The molecule has 1 heterocycles. The number of rotatable bonds is 1. The van der Waals surface area contributed by atoms with Crippen LogP contribution in [0.15, 0.2) is 54.6 Å². The number of benzene rings is 2. The smallest absolute Gasteiger partial charge is 0.255 e. The fourth-order valence-corrected chi connectivity index (χ4v) is 2.53. The topological polar surface area (TPSA) is 40.6 Å². The summed E-state index contributed by atoms with van der Waals surface area (Å²) in [4.78, 5) is 28.3. The summed E-state index contributed by atoms with van der Waals surface area (Å²) in [5.74, 6) is -0.0629. The summed E-state index contributed by atoms with van der Waals surface area (Å²) in [6.07, 6.45) is 0.311. The molecule has 0 radical (unpaired) electrons. The van der Waals surface area contributed by atoms with E-state index in [2.05, 4.69) is 0 Å². The van der Waals surface area contributed by atoms with Gasteiger partial charge in [0.15, 0.2) is 0 Å². The molecule has 4 heteroatoms. The molecule has 0 aromatic heterocycles. The number of hydrogen-bond donors (Lipinski definition) is 0. The summed E-state index contributed by atoms with van der Waals surface area (Å²) < 4.78 is 0. The summed E-state index contributed by atoms with van der Waals surface area (Å²) in [5, 5.41) is 0. The van der Waals surface area contributed by atoms with Crippen molar-refractivity contribution < 1.29 is 9.59 Å². The van der Waals surface area contributed by atoms with Crippen LogP contribution >= 0.6 is 0 Å². The van der Waals surface area contributed by atoms with Crippen LogP contribution in [0, 0.1) is 0 Å². The van der Waals surface area contributed by atoms with E-state index in [4.69, 9.17) is 0 Å². The van der Waals surface area contributed by atoms with Crippen molar-refractivity contribution in [3.05, 3.63) is 60.2 Å². The Balaban J connectivity index is 2.19. The van der Waals surface area contributed by atoms with Crippen LogP contribution < -0.4 is 4.90 Å². The molecule has 0 atom stereocenters. The van der Waals surface area contributed by atoms with Crippen molar-refractivity contribution in [1.82, 2.24) is 4.90 Å². The third-order valence-corrected chi connectivity index (χ3v) is 3.65. The van der Waals surface area contributed by atoms with Gasteiger partial charge in [0.2, 0.25) is 5.91 Å². The van der Waals surface area contributed by atoms with E-state index in [0.29, 0.717) is 24.2 Å². The number of nitrogens with zero attached hydrogens (tertiary/aromatic N) is 2. The Labute approximate surface area is 123 Å². The number of amides is 2. The Morgan fingerprint density at radius 3 is 2.33 bits per heavy atom. The van der Waals surface area contributed by atoms with Crippen LogP contribution in [0.5, 0.6) is 0 Å². The molecule has 0 spiro atoms. The van der Waals surface area contributed by atoms with Crippen LogP contribution in [-0.4, -0.2) is 30.3 Å². The molecule has 3 rings (SSSR count). The van der Waals surface area contributed by atoms with Crippen LogP contribution in [-0.2, 0) is 4.79 Å². The van der Waals surface area contributed by atoms with Crippen LogP contribution in [0.4, 0.5) is 11.4 Å². The second kappa shape index (κ2) is 5.40. The van der Waals surface area contributed by atoms with Crippen molar-refractivity contribution in [2.24, 2.45) is 0 Å². The molecular weight excluding hydrogens is 264 g/mol. The fraction of sp³-hybridized carbons (Fsp3) is 0.176. The first-order valence-corrected chi connectivity index (χ1v) is 6.91. The van der Waals surface area contributed by atoms with Gasteiger partial charge in [0, 0.05) is 25.7 Å². The zero-order chi connectivity index (χ0) is 14.8. The van der Waals surface area contributed by atoms with Gasteiger partial charge in [-0.3, -0.25) is 14.5 Å². The van der Waals surface area contributed by atoms with E-state index in [0.717, 1.165) is 5.69 Å². The normalized spacial score (nSPS) is 15.5. The van der Waals surface area contributed by atoms with Gasteiger partial charge in [-0.05, 0) is 24.3 Å². The van der Waals surface area contributed by atoms with E-state index in [1.54, 1.807) is 22.9 Å². The highest BCUT2D eigenvalue weighted by Gasteiger charge is 2.27. The summed E-state index contributed by atoms with van der Waals surface area (Å²) in [7, 11) is 1.73. The van der Waals surface area contributed by atoms with Gasteiger partial charge in [-0.1, -0.05) is 30.3 Å². The molecule has 0 saturated heterocycles. The van der Waals surface area contributed by atoms with E-state index >= 15 is 0 Å². The lowest BCUT2D eigenvalue weighted by Crippen LogP contribution is -2.37. The second-order valence-corrected chi connectivity index (χ2v) is 5.06. The molecule has 1 aliphatic rings. The molecule has 2 aromatic carbocycles. The van der Waals surface area contributed by atoms with Crippen molar-refractivity contribution in [2.45, 2.75) is 6.42 Å². The largest absolute Gasteiger partial charge is 0.341 e. The monoisotopic (exact) mass is 280 g/mol.